The molecule has 6 heteroatoms. The first kappa shape index (κ1) is 18.3. The molecule has 4 rings (SSSR count). The summed E-state index contributed by atoms with van der Waals surface area (Å²) >= 11 is 0. The maximum atomic E-state index is 12.6. The lowest BCUT2D eigenvalue weighted by Crippen LogP contribution is -2.36. The minimum atomic E-state index is -0.430. The standard InChI is InChI=1S/C21H28N2O4/c1-26-21(25)18-13-17(23-6-8-27-9-7-23)4-5-19(18)22-20(24)12-16-11-14-2-3-15(16)10-14/h4-5,13-16H,2-3,6-12H2,1H3,(H,22,24)/t14-,15-,16+/m0/s1. The molecule has 3 aliphatic rings. The minimum absolute atomic E-state index is 0.00294. The molecule has 2 saturated carbocycles. The van der Waals surface area contributed by atoms with E-state index in [1.54, 1.807) is 0 Å². The fourth-order valence-corrected chi connectivity index (χ4v) is 5.00. The van der Waals surface area contributed by atoms with Gasteiger partial charge >= 0.3 is 5.97 Å². The third-order valence-corrected chi connectivity index (χ3v) is 6.39. The number of nitrogens with one attached hydrogen (secondary N) is 1. The quantitative estimate of drug-likeness (QED) is 0.805. The number of benzene rings is 1. The number of fused-ring (bicyclic) bond motifs is 2. The Morgan fingerprint density at radius 1 is 1.22 bits per heavy atom. The first-order valence-corrected chi connectivity index (χ1v) is 9.99. The van der Waals surface area contributed by atoms with Crippen molar-refractivity contribution in [3.63, 3.8) is 0 Å². The highest BCUT2D eigenvalue weighted by Crippen LogP contribution is 2.49. The van der Waals surface area contributed by atoms with Crippen LogP contribution in [0.1, 0.15) is 42.5 Å². The van der Waals surface area contributed by atoms with E-state index < -0.39 is 5.97 Å². The normalized spacial score (nSPS) is 26.9. The number of carbonyl (C=O) groups is 2. The Hall–Kier alpha value is -2.08. The molecule has 6 nitrogen and oxygen atoms in total. The number of hydrogen-bond donors (Lipinski definition) is 1. The molecule has 1 aromatic carbocycles. The highest BCUT2D eigenvalue weighted by Gasteiger charge is 2.40. The molecule has 27 heavy (non-hydrogen) atoms. The molecule has 1 saturated heterocycles. The second kappa shape index (κ2) is 7.89. The number of rotatable bonds is 5. The molecule has 0 spiro atoms. The van der Waals surface area contributed by atoms with Crippen LogP contribution < -0.4 is 10.2 Å². The van der Waals surface area contributed by atoms with Gasteiger partial charge in [0, 0.05) is 25.2 Å². The number of amides is 1. The van der Waals surface area contributed by atoms with Gasteiger partial charge in [-0.2, -0.15) is 0 Å². The van der Waals surface area contributed by atoms with Crippen LogP contribution in [-0.4, -0.2) is 45.3 Å². The van der Waals surface area contributed by atoms with Crippen molar-refractivity contribution in [1.29, 1.82) is 0 Å². The van der Waals surface area contributed by atoms with Gasteiger partial charge in [0.25, 0.3) is 0 Å². The van der Waals surface area contributed by atoms with Gasteiger partial charge in [-0.1, -0.05) is 6.42 Å². The van der Waals surface area contributed by atoms with Crippen LogP contribution in [0.15, 0.2) is 18.2 Å². The smallest absolute Gasteiger partial charge is 0.340 e. The second-order valence-corrected chi connectivity index (χ2v) is 8.01. The zero-order valence-corrected chi connectivity index (χ0v) is 15.9. The predicted octanol–water partition coefficient (Wildman–Crippen LogP) is 3.07. The van der Waals surface area contributed by atoms with Gasteiger partial charge in [-0.15, -0.1) is 0 Å². The first-order valence-electron chi connectivity index (χ1n) is 9.99. The maximum Gasteiger partial charge on any atom is 0.340 e. The largest absolute Gasteiger partial charge is 0.465 e. The Bertz CT molecular complexity index is 714. The monoisotopic (exact) mass is 372 g/mol. The molecule has 1 N–H and O–H groups in total. The molecule has 0 radical (unpaired) electrons. The molecule has 1 amide bonds. The minimum Gasteiger partial charge on any atom is -0.465 e. The van der Waals surface area contributed by atoms with Crippen molar-refractivity contribution in [3.05, 3.63) is 23.8 Å². The summed E-state index contributed by atoms with van der Waals surface area (Å²) in [6, 6.07) is 5.57. The van der Waals surface area contributed by atoms with Crippen LogP contribution >= 0.6 is 0 Å². The van der Waals surface area contributed by atoms with Crippen LogP contribution in [-0.2, 0) is 14.3 Å². The summed E-state index contributed by atoms with van der Waals surface area (Å²) in [7, 11) is 1.37. The topological polar surface area (TPSA) is 67.9 Å². The second-order valence-electron chi connectivity index (χ2n) is 8.01. The lowest BCUT2D eigenvalue weighted by molar-refractivity contribution is -0.117. The summed E-state index contributed by atoms with van der Waals surface area (Å²) in [5, 5.41) is 2.96. The van der Waals surface area contributed by atoms with Crippen molar-refractivity contribution in [1.82, 2.24) is 0 Å². The lowest BCUT2D eigenvalue weighted by Gasteiger charge is -2.29. The van der Waals surface area contributed by atoms with Crippen LogP contribution in [0, 0.1) is 17.8 Å². The zero-order chi connectivity index (χ0) is 18.8. The third-order valence-electron chi connectivity index (χ3n) is 6.39. The van der Waals surface area contributed by atoms with E-state index in [0.29, 0.717) is 42.7 Å². The summed E-state index contributed by atoms with van der Waals surface area (Å²) < 4.78 is 10.3. The summed E-state index contributed by atoms with van der Waals surface area (Å²) in [6.45, 7) is 2.93. The van der Waals surface area contributed by atoms with E-state index in [4.69, 9.17) is 9.47 Å². The van der Waals surface area contributed by atoms with E-state index in [-0.39, 0.29) is 5.91 Å². The predicted molar refractivity (Wildman–Crippen MR) is 103 cm³/mol. The molecule has 1 aliphatic heterocycles. The summed E-state index contributed by atoms with van der Waals surface area (Å²) in [4.78, 5) is 27.1. The highest BCUT2D eigenvalue weighted by molar-refractivity contribution is 6.02. The summed E-state index contributed by atoms with van der Waals surface area (Å²) in [6.07, 6.45) is 5.62. The molecule has 146 valence electrons. The fraction of sp³-hybridized carbons (Fsp3) is 0.619. The highest BCUT2D eigenvalue weighted by atomic mass is 16.5. The molecular formula is C21H28N2O4. The molecule has 0 unspecified atom stereocenters. The van der Waals surface area contributed by atoms with E-state index in [0.717, 1.165) is 24.7 Å². The van der Waals surface area contributed by atoms with E-state index >= 15 is 0 Å². The maximum absolute atomic E-state index is 12.6. The van der Waals surface area contributed by atoms with Gasteiger partial charge < -0.3 is 19.7 Å². The molecule has 1 aromatic rings. The SMILES string of the molecule is COC(=O)c1cc(N2CCOCC2)ccc1NC(=O)C[C@H]1C[C@H]2CC[C@H]1C2. The van der Waals surface area contributed by atoms with E-state index in [9.17, 15) is 9.59 Å². The van der Waals surface area contributed by atoms with E-state index in [1.165, 1.54) is 32.8 Å². The Morgan fingerprint density at radius 2 is 2.04 bits per heavy atom. The number of methoxy groups -OCH3 is 1. The van der Waals surface area contributed by atoms with Crippen molar-refractivity contribution in [2.75, 3.05) is 43.6 Å². The van der Waals surface area contributed by atoms with E-state index in [1.807, 2.05) is 18.2 Å². The van der Waals surface area contributed by atoms with Crippen LogP contribution in [0.4, 0.5) is 11.4 Å². The Labute approximate surface area is 160 Å². The van der Waals surface area contributed by atoms with Crippen molar-refractivity contribution >= 4 is 23.3 Å². The van der Waals surface area contributed by atoms with Gasteiger partial charge in [-0.25, -0.2) is 4.79 Å². The average Bonchev–Trinajstić information content (AvgIpc) is 3.31. The number of nitrogens with zero attached hydrogens (tertiary/aromatic N) is 1. The number of ether oxygens (including phenoxy) is 2. The molecule has 3 atom stereocenters. The van der Waals surface area contributed by atoms with Crippen LogP contribution in [0.3, 0.4) is 0 Å². The van der Waals surface area contributed by atoms with Crippen molar-refractivity contribution < 1.29 is 19.1 Å². The Kier molecular flexibility index (Phi) is 5.34. The van der Waals surface area contributed by atoms with Crippen molar-refractivity contribution in [3.8, 4) is 0 Å². The molecule has 1 heterocycles. The summed E-state index contributed by atoms with van der Waals surface area (Å²) in [5.74, 6) is 1.60. The number of anilines is 2. The Morgan fingerprint density at radius 3 is 2.70 bits per heavy atom. The first-order chi connectivity index (χ1) is 13.1. The number of morpholine rings is 1. The zero-order valence-electron chi connectivity index (χ0n) is 15.9. The van der Waals surface area contributed by atoms with Gasteiger partial charge in [0.05, 0.1) is 31.6 Å². The Balaban J connectivity index is 1.47. The van der Waals surface area contributed by atoms with Crippen LogP contribution in [0.2, 0.25) is 0 Å². The van der Waals surface area contributed by atoms with Crippen molar-refractivity contribution in [2.45, 2.75) is 32.1 Å². The van der Waals surface area contributed by atoms with Crippen LogP contribution in [0.5, 0.6) is 0 Å². The third kappa shape index (κ3) is 3.95. The molecule has 0 aromatic heterocycles. The number of carbonyl (C=O) groups excluding carboxylic acids is 2. The van der Waals surface area contributed by atoms with Crippen LogP contribution in [0.25, 0.3) is 0 Å². The molecule has 2 aliphatic carbocycles. The van der Waals surface area contributed by atoms with Gasteiger partial charge in [0.2, 0.25) is 5.91 Å². The van der Waals surface area contributed by atoms with Crippen molar-refractivity contribution in [2.24, 2.45) is 17.8 Å². The fourth-order valence-electron chi connectivity index (χ4n) is 5.00. The van der Waals surface area contributed by atoms with Gasteiger partial charge in [0.1, 0.15) is 0 Å². The number of esters is 1. The summed E-state index contributed by atoms with van der Waals surface area (Å²) in [5.41, 5.74) is 1.89. The van der Waals surface area contributed by atoms with Gasteiger partial charge in [-0.05, 0) is 55.2 Å². The average molecular weight is 372 g/mol. The number of hydrogen-bond acceptors (Lipinski definition) is 5. The molecule has 3 fully saturated rings. The van der Waals surface area contributed by atoms with Gasteiger partial charge in [-0.3, -0.25) is 4.79 Å². The lowest BCUT2D eigenvalue weighted by atomic mass is 9.86. The van der Waals surface area contributed by atoms with E-state index in [2.05, 4.69) is 10.2 Å². The molecule has 2 bridgehead atoms. The van der Waals surface area contributed by atoms with Gasteiger partial charge in [0.15, 0.2) is 0 Å². The molecular weight excluding hydrogens is 344 g/mol.